The maximum absolute atomic E-state index is 5.24. The highest BCUT2D eigenvalue weighted by Crippen LogP contribution is 2.39. The minimum absolute atomic E-state index is 0.427. The molecule has 0 bridgehead atoms. The van der Waals surface area contributed by atoms with Crippen molar-refractivity contribution in [1.29, 1.82) is 0 Å². The number of hydrogen-bond donors (Lipinski definition) is 1. The lowest BCUT2D eigenvalue weighted by molar-refractivity contribution is 0.250. The molecular formula is C22H33N5O. The molecule has 1 aliphatic carbocycles. The highest BCUT2D eigenvalue weighted by atomic mass is 16.5. The summed E-state index contributed by atoms with van der Waals surface area (Å²) in [5.41, 5.74) is 3.05. The molecule has 3 atom stereocenters. The number of aromatic nitrogens is 3. The van der Waals surface area contributed by atoms with Crippen LogP contribution >= 0.6 is 0 Å². The van der Waals surface area contributed by atoms with Gasteiger partial charge in [-0.15, -0.1) is 10.2 Å². The maximum Gasteiger partial charge on any atom is 0.148 e. The molecule has 28 heavy (non-hydrogen) atoms. The van der Waals surface area contributed by atoms with E-state index in [4.69, 9.17) is 4.52 Å². The second kappa shape index (κ2) is 7.47. The molecule has 1 saturated carbocycles. The molecule has 1 aliphatic heterocycles. The number of hydrogen-bond acceptors (Lipinski definition) is 6. The molecule has 2 fully saturated rings. The lowest BCUT2D eigenvalue weighted by atomic mass is 9.92. The fourth-order valence-corrected chi connectivity index (χ4v) is 4.79. The Morgan fingerprint density at radius 3 is 2.36 bits per heavy atom. The van der Waals surface area contributed by atoms with E-state index < -0.39 is 0 Å². The van der Waals surface area contributed by atoms with E-state index in [0.717, 1.165) is 40.4 Å². The Morgan fingerprint density at radius 1 is 1.11 bits per heavy atom. The van der Waals surface area contributed by atoms with Crippen LogP contribution in [0.2, 0.25) is 0 Å². The van der Waals surface area contributed by atoms with Crippen molar-refractivity contribution in [3.8, 4) is 11.3 Å². The maximum atomic E-state index is 5.24. The van der Waals surface area contributed by atoms with Crippen LogP contribution in [-0.4, -0.2) is 45.9 Å². The van der Waals surface area contributed by atoms with Gasteiger partial charge in [0.15, 0.2) is 0 Å². The summed E-state index contributed by atoms with van der Waals surface area (Å²) in [4.78, 5) is 2.68. The Morgan fingerprint density at radius 2 is 1.82 bits per heavy atom. The Labute approximate surface area is 168 Å². The summed E-state index contributed by atoms with van der Waals surface area (Å²) in [7, 11) is 0. The molecule has 2 aromatic rings. The van der Waals surface area contributed by atoms with E-state index >= 15 is 0 Å². The molecule has 0 amide bonds. The van der Waals surface area contributed by atoms with Crippen LogP contribution in [0.15, 0.2) is 16.7 Å². The van der Waals surface area contributed by atoms with Crippen LogP contribution in [0.4, 0.5) is 5.82 Å². The number of rotatable bonds is 5. The van der Waals surface area contributed by atoms with Crippen LogP contribution in [0.3, 0.4) is 0 Å². The normalized spacial score (nSPS) is 25.2. The molecule has 4 rings (SSSR count). The number of anilines is 1. The molecule has 1 saturated heterocycles. The average Bonchev–Trinajstić information content (AvgIpc) is 3.27. The molecule has 0 aromatic carbocycles. The van der Waals surface area contributed by atoms with E-state index in [1.54, 1.807) is 0 Å². The molecule has 152 valence electrons. The number of fused-ring (bicyclic) bond motifs is 1. The van der Waals surface area contributed by atoms with Gasteiger partial charge in [-0.2, -0.15) is 0 Å². The summed E-state index contributed by atoms with van der Waals surface area (Å²) in [5, 5.41) is 16.4. The molecule has 6 nitrogen and oxygen atoms in total. The van der Waals surface area contributed by atoms with Crippen molar-refractivity contribution in [2.75, 3.05) is 25.0 Å². The smallest absolute Gasteiger partial charge is 0.148 e. The van der Waals surface area contributed by atoms with Crippen molar-refractivity contribution >= 4 is 5.82 Å². The van der Waals surface area contributed by atoms with E-state index in [2.05, 4.69) is 46.3 Å². The SMILES string of the molecule is Cc1noc(C)c1-c1ccc(N[C@H]2C[C@@H]3CN(CCC(C)(C)C)C[C@@H]3C2)nn1. The average molecular weight is 384 g/mol. The van der Waals surface area contributed by atoms with Crippen molar-refractivity contribution in [2.24, 2.45) is 17.3 Å². The monoisotopic (exact) mass is 383 g/mol. The van der Waals surface area contributed by atoms with Gasteiger partial charge >= 0.3 is 0 Å². The van der Waals surface area contributed by atoms with Gasteiger partial charge in [0.25, 0.3) is 0 Å². The summed E-state index contributed by atoms with van der Waals surface area (Å²) < 4.78 is 5.24. The Hall–Kier alpha value is -1.95. The zero-order chi connectivity index (χ0) is 19.9. The van der Waals surface area contributed by atoms with E-state index in [1.807, 2.05) is 26.0 Å². The van der Waals surface area contributed by atoms with Gasteiger partial charge in [-0.3, -0.25) is 0 Å². The quantitative estimate of drug-likeness (QED) is 0.830. The zero-order valence-electron chi connectivity index (χ0n) is 17.8. The molecule has 0 spiro atoms. The molecule has 6 heteroatoms. The zero-order valence-corrected chi connectivity index (χ0v) is 17.8. The second-order valence-corrected chi connectivity index (χ2v) is 9.91. The van der Waals surface area contributed by atoms with Gasteiger partial charge in [0.05, 0.1) is 17.0 Å². The Bertz CT molecular complexity index is 774. The van der Waals surface area contributed by atoms with Crippen molar-refractivity contribution < 1.29 is 4.52 Å². The molecule has 2 aliphatic rings. The third kappa shape index (κ3) is 4.22. The third-order valence-corrected chi connectivity index (χ3v) is 6.31. The minimum Gasteiger partial charge on any atom is -0.366 e. The van der Waals surface area contributed by atoms with Crippen LogP contribution in [0.25, 0.3) is 11.3 Å². The van der Waals surface area contributed by atoms with Gasteiger partial charge in [0.2, 0.25) is 0 Å². The Kier molecular flexibility index (Phi) is 5.17. The minimum atomic E-state index is 0.427. The lowest BCUT2D eigenvalue weighted by Gasteiger charge is -2.24. The van der Waals surface area contributed by atoms with Crippen molar-refractivity contribution in [3.05, 3.63) is 23.6 Å². The Balaban J connectivity index is 1.30. The van der Waals surface area contributed by atoms with E-state index in [-0.39, 0.29) is 0 Å². The van der Waals surface area contributed by atoms with Crippen LogP contribution in [-0.2, 0) is 0 Å². The number of nitrogens with one attached hydrogen (secondary N) is 1. The molecule has 3 heterocycles. The van der Waals surface area contributed by atoms with Gasteiger partial charge in [0, 0.05) is 19.1 Å². The second-order valence-electron chi connectivity index (χ2n) is 9.91. The number of aryl methyl sites for hydroxylation is 2. The van der Waals surface area contributed by atoms with Gasteiger partial charge in [-0.25, -0.2) is 0 Å². The van der Waals surface area contributed by atoms with E-state index in [9.17, 15) is 0 Å². The van der Waals surface area contributed by atoms with Gasteiger partial charge in [-0.1, -0.05) is 25.9 Å². The standard InChI is InChI=1S/C22H33N5O/c1-14-21(15(2)28-26-14)19-6-7-20(25-24-19)23-18-10-16-12-27(13-17(16)11-18)9-8-22(3,4)5/h6-7,16-18H,8-13H2,1-5H3,(H,23,25)/t16-,17+,18+. The highest BCUT2D eigenvalue weighted by molar-refractivity contribution is 5.63. The first-order valence-corrected chi connectivity index (χ1v) is 10.5. The topological polar surface area (TPSA) is 67.1 Å². The van der Waals surface area contributed by atoms with Gasteiger partial charge in [-0.05, 0) is 69.0 Å². The van der Waals surface area contributed by atoms with Gasteiger partial charge < -0.3 is 14.7 Å². The summed E-state index contributed by atoms with van der Waals surface area (Å²) in [6.07, 6.45) is 3.76. The lowest BCUT2D eigenvalue weighted by Crippen LogP contribution is -2.28. The fraction of sp³-hybridized carbons (Fsp3) is 0.682. The molecular weight excluding hydrogens is 350 g/mol. The largest absolute Gasteiger partial charge is 0.366 e. The predicted octanol–water partition coefficient (Wildman–Crippen LogP) is 4.31. The summed E-state index contributed by atoms with van der Waals surface area (Å²) in [6, 6.07) is 4.54. The molecule has 1 N–H and O–H groups in total. The number of likely N-dealkylation sites (tertiary alicyclic amines) is 1. The van der Waals surface area contributed by atoms with Crippen LogP contribution in [0, 0.1) is 31.1 Å². The third-order valence-electron chi connectivity index (χ3n) is 6.31. The van der Waals surface area contributed by atoms with E-state index in [1.165, 1.54) is 38.9 Å². The first-order chi connectivity index (χ1) is 13.3. The first-order valence-electron chi connectivity index (χ1n) is 10.5. The fourth-order valence-electron chi connectivity index (χ4n) is 4.79. The van der Waals surface area contributed by atoms with Crippen LogP contribution < -0.4 is 5.32 Å². The van der Waals surface area contributed by atoms with Gasteiger partial charge in [0.1, 0.15) is 11.6 Å². The van der Waals surface area contributed by atoms with Crippen LogP contribution in [0.1, 0.15) is 51.5 Å². The predicted molar refractivity (Wildman–Crippen MR) is 111 cm³/mol. The molecule has 0 unspecified atom stereocenters. The van der Waals surface area contributed by atoms with Crippen molar-refractivity contribution in [3.63, 3.8) is 0 Å². The highest BCUT2D eigenvalue weighted by Gasteiger charge is 2.40. The van der Waals surface area contributed by atoms with Crippen molar-refractivity contribution in [2.45, 2.75) is 59.9 Å². The van der Waals surface area contributed by atoms with E-state index in [0.29, 0.717) is 11.5 Å². The number of nitrogens with zero attached hydrogens (tertiary/aromatic N) is 4. The summed E-state index contributed by atoms with van der Waals surface area (Å²) in [6.45, 7) is 14.6. The summed E-state index contributed by atoms with van der Waals surface area (Å²) >= 11 is 0. The van der Waals surface area contributed by atoms with Crippen LogP contribution in [0.5, 0.6) is 0 Å². The first kappa shape index (κ1) is 19.4. The summed E-state index contributed by atoms with van der Waals surface area (Å²) in [5.74, 6) is 3.30. The molecule has 0 radical (unpaired) electrons. The van der Waals surface area contributed by atoms with Crippen molar-refractivity contribution in [1.82, 2.24) is 20.3 Å². The molecule has 2 aromatic heterocycles.